The highest BCUT2D eigenvalue weighted by Gasteiger charge is 2.23. The Hall–Kier alpha value is -1.39. The number of hydrogen-bond acceptors (Lipinski definition) is 5. The van der Waals surface area contributed by atoms with Gasteiger partial charge in [-0.05, 0) is 27.7 Å². The molecule has 0 heterocycles. The minimum atomic E-state index is -0.953. The van der Waals surface area contributed by atoms with Crippen LogP contribution in [-0.4, -0.2) is 29.9 Å². The second kappa shape index (κ2) is 5.36. The van der Waals surface area contributed by atoms with Crippen molar-refractivity contribution in [2.24, 2.45) is 0 Å². The van der Waals surface area contributed by atoms with Crippen molar-refractivity contribution in [3.8, 4) is 0 Å². The average molecular weight is 201 g/mol. The van der Waals surface area contributed by atoms with E-state index in [1.165, 1.54) is 0 Å². The average Bonchev–Trinajstić information content (AvgIpc) is 2.00. The van der Waals surface area contributed by atoms with Gasteiger partial charge in [0.15, 0.2) is 0 Å². The van der Waals surface area contributed by atoms with E-state index in [9.17, 15) is 9.59 Å². The predicted octanol–water partition coefficient (Wildman–Crippen LogP) is 0.909. The number of carbonyl (C=O) groups is 2. The van der Waals surface area contributed by atoms with Crippen LogP contribution in [0.2, 0.25) is 0 Å². The summed E-state index contributed by atoms with van der Waals surface area (Å²) in [6.07, 6.45) is -0.704. The molecule has 0 aliphatic carbocycles. The molecule has 0 radical (unpaired) electrons. The number of esters is 2. The first kappa shape index (κ1) is 12.6. The Morgan fingerprint density at radius 2 is 1.21 bits per heavy atom. The SMILES string of the molecule is CC(C)OC(=O)C(=N)C(=O)OC(C)C. The van der Waals surface area contributed by atoms with Gasteiger partial charge >= 0.3 is 11.9 Å². The lowest BCUT2D eigenvalue weighted by Crippen LogP contribution is -2.30. The number of hydrogen-bond donors (Lipinski definition) is 1. The molecule has 0 aromatic carbocycles. The van der Waals surface area contributed by atoms with Crippen LogP contribution in [0.4, 0.5) is 0 Å². The lowest BCUT2D eigenvalue weighted by molar-refractivity contribution is -0.144. The van der Waals surface area contributed by atoms with Crippen molar-refractivity contribution in [1.29, 1.82) is 5.41 Å². The van der Waals surface area contributed by atoms with Crippen LogP contribution in [0.1, 0.15) is 27.7 Å². The summed E-state index contributed by atoms with van der Waals surface area (Å²) in [5, 5.41) is 7.14. The number of rotatable bonds is 4. The van der Waals surface area contributed by atoms with Gasteiger partial charge < -0.3 is 9.47 Å². The summed E-state index contributed by atoms with van der Waals surface area (Å²) in [7, 11) is 0. The topological polar surface area (TPSA) is 76.5 Å². The molecule has 0 saturated heterocycles. The van der Waals surface area contributed by atoms with Gasteiger partial charge in [-0.1, -0.05) is 0 Å². The molecule has 0 aromatic rings. The third kappa shape index (κ3) is 4.59. The molecule has 14 heavy (non-hydrogen) atoms. The highest BCUT2D eigenvalue weighted by atomic mass is 16.6. The lowest BCUT2D eigenvalue weighted by atomic mass is 10.3. The normalized spacial score (nSPS) is 10.1. The third-order valence-corrected chi connectivity index (χ3v) is 1.09. The summed E-state index contributed by atoms with van der Waals surface area (Å²) in [6.45, 7) is 6.55. The molecule has 80 valence electrons. The molecule has 0 fully saturated rings. The summed E-state index contributed by atoms with van der Waals surface area (Å²) in [5.41, 5.74) is -0.771. The van der Waals surface area contributed by atoms with E-state index in [1.54, 1.807) is 27.7 Å². The Kier molecular flexibility index (Phi) is 4.83. The summed E-state index contributed by atoms with van der Waals surface area (Å²) in [4.78, 5) is 22.1. The van der Waals surface area contributed by atoms with Crippen molar-refractivity contribution in [2.75, 3.05) is 0 Å². The lowest BCUT2D eigenvalue weighted by Gasteiger charge is -2.10. The molecular weight excluding hydrogens is 186 g/mol. The maximum atomic E-state index is 11.0. The molecule has 1 N–H and O–H groups in total. The molecule has 0 atom stereocenters. The zero-order valence-electron chi connectivity index (χ0n) is 8.79. The Labute approximate surface area is 82.9 Å². The summed E-state index contributed by atoms with van der Waals surface area (Å²) in [5.74, 6) is -1.91. The van der Waals surface area contributed by atoms with Crippen LogP contribution in [0.15, 0.2) is 0 Å². The molecule has 5 nitrogen and oxygen atoms in total. The van der Waals surface area contributed by atoms with Crippen LogP contribution in [-0.2, 0) is 19.1 Å². The van der Waals surface area contributed by atoms with Gasteiger partial charge in [-0.25, -0.2) is 9.59 Å². The monoisotopic (exact) mass is 201 g/mol. The molecule has 0 aliphatic heterocycles. The van der Waals surface area contributed by atoms with E-state index in [4.69, 9.17) is 5.41 Å². The highest BCUT2D eigenvalue weighted by Crippen LogP contribution is 1.95. The van der Waals surface area contributed by atoms with Crippen LogP contribution in [0.5, 0.6) is 0 Å². The maximum Gasteiger partial charge on any atom is 0.364 e. The van der Waals surface area contributed by atoms with Crippen molar-refractivity contribution in [2.45, 2.75) is 39.9 Å². The smallest absolute Gasteiger partial charge is 0.364 e. The molecule has 0 amide bonds. The van der Waals surface area contributed by atoms with Gasteiger partial charge in [-0.3, -0.25) is 5.41 Å². The summed E-state index contributed by atoms with van der Waals surface area (Å²) >= 11 is 0. The molecule has 0 aliphatic rings. The first-order valence-corrected chi connectivity index (χ1v) is 4.35. The molecule has 0 unspecified atom stereocenters. The van der Waals surface area contributed by atoms with E-state index in [0.717, 1.165) is 0 Å². The van der Waals surface area contributed by atoms with Crippen molar-refractivity contribution in [3.63, 3.8) is 0 Å². The molecular formula is C9H15NO4. The van der Waals surface area contributed by atoms with Gasteiger partial charge in [0.1, 0.15) is 0 Å². The predicted molar refractivity (Wildman–Crippen MR) is 50.2 cm³/mol. The molecule has 0 spiro atoms. The second-order valence-corrected chi connectivity index (χ2v) is 3.28. The molecule has 0 bridgehead atoms. The summed E-state index contributed by atoms with van der Waals surface area (Å²) in [6, 6.07) is 0. The molecule has 0 saturated carbocycles. The van der Waals surface area contributed by atoms with Gasteiger partial charge in [0.2, 0.25) is 5.71 Å². The Morgan fingerprint density at radius 1 is 0.929 bits per heavy atom. The van der Waals surface area contributed by atoms with Gasteiger partial charge in [0.25, 0.3) is 0 Å². The Morgan fingerprint density at radius 3 is 1.43 bits per heavy atom. The van der Waals surface area contributed by atoms with Crippen molar-refractivity contribution >= 4 is 17.7 Å². The highest BCUT2D eigenvalue weighted by molar-refractivity contribution is 6.61. The van der Waals surface area contributed by atoms with Crippen molar-refractivity contribution in [1.82, 2.24) is 0 Å². The largest absolute Gasteiger partial charge is 0.458 e. The fourth-order valence-electron chi connectivity index (χ4n) is 0.629. The fourth-order valence-corrected chi connectivity index (χ4v) is 0.629. The maximum absolute atomic E-state index is 11.0. The van der Waals surface area contributed by atoms with Gasteiger partial charge in [0.05, 0.1) is 12.2 Å². The first-order valence-electron chi connectivity index (χ1n) is 4.35. The number of carbonyl (C=O) groups excluding carboxylic acids is 2. The van der Waals surface area contributed by atoms with E-state index in [-0.39, 0.29) is 12.2 Å². The van der Waals surface area contributed by atoms with E-state index >= 15 is 0 Å². The van der Waals surface area contributed by atoms with E-state index in [0.29, 0.717) is 0 Å². The fraction of sp³-hybridized carbons (Fsp3) is 0.667. The van der Waals surface area contributed by atoms with Crippen LogP contribution in [0, 0.1) is 5.41 Å². The van der Waals surface area contributed by atoms with E-state index in [1.807, 2.05) is 0 Å². The van der Waals surface area contributed by atoms with Crippen molar-refractivity contribution < 1.29 is 19.1 Å². The van der Waals surface area contributed by atoms with Gasteiger partial charge in [0, 0.05) is 0 Å². The number of nitrogens with one attached hydrogen (secondary N) is 1. The van der Waals surface area contributed by atoms with Crippen LogP contribution < -0.4 is 0 Å². The number of ether oxygens (including phenoxy) is 2. The summed E-state index contributed by atoms with van der Waals surface area (Å²) < 4.78 is 9.30. The zero-order chi connectivity index (χ0) is 11.3. The van der Waals surface area contributed by atoms with Crippen LogP contribution in [0.3, 0.4) is 0 Å². The molecule has 0 rings (SSSR count). The van der Waals surface area contributed by atoms with Crippen molar-refractivity contribution in [3.05, 3.63) is 0 Å². The first-order chi connectivity index (χ1) is 6.34. The Balaban J connectivity index is 4.19. The third-order valence-electron chi connectivity index (χ3n) is 1.09. The second-order valence-electron chi connectivity index (χ2n) is 3.28. The minimum Gasteiger partial charge on any atom is -0.458 e. The van der Waals surface area contributed by atoms with Gasteiger partial charge in [-0.15, -0.1) is 0 Å². The molecule has 5 heteroatoms. The van der Waals surface area contributed by atoms with E-state index in [2.05, 4.69) is 9.47 Å². The molecule has 0 aromatic heterocycles. The van der Waals surface area contributed by atoms with Gasteiger partial charge in [-0.2, -0.15) is 0 Å². The van der Waals surface area contributed by atoms with Crippen LogP contribution >= 0.6 is 0 Å². The minimum absolute atomic E-state index is 0.352. The quantitative estimate of drug-likeness (QED) is 0.416. The zero-order valence-corrected chi connectivity index (χ0v) is 8.79. The Bertz CT molecular complexity index is 221. The van der Waals surface area contributed by atoms with Crippen LogP contribution in [0.25, 0.3) is 0 Å². The van der Waals surface area contributed by atoms with E-state index < -0.39 is 17.7 Å². The standard InChI is InChI=1S/C9H15NO4/c1-5(2)13-8(11)7(10)9(12)14-6(3)4/h5-6,10H,1-4H3.